The maximum atomic E-state index is 13.8. The van der Waals surface area contributed by atoms with Crippen molar-refractivity contribution in [2.45, 2.75) is 51.5 Å². The smallest absolute Gasteiger partial charge is 0.351 e. The van der Waals surface area contributed by atoms with E-state index in [1.54, 1.807) is 12.1 Å². The lowest BCUT2D eigenvalue weighted by molar-refractivity contribution is -0.141. The Bertz CT molecular complexity index is 1250. The molecule has 200 valence electrons. The van der Waals surface area contributed by atoms with Crippen LogP contribution in [0, 0.1) is 5.92 Å². The van der Waals surface area contributed by atoms with Crippen LogP contribution in [0.1, 0.15) is 59.2 Å². The van der Waals surface area contributed by atoms with Crippen LogP contribution < -0.4 is 11.1 Å². The molecular formula is C25H26F6N4OS. The zero-order chi connectivity index (χ0) is 27.6. The summed E-state index contributed by atoms with van der Waals surface area (Å²) in [7, 11) is 0. The van der Waals surface area contributed by atoms with Gasteiger partial charge in [-0.05, 0) is 36.5 Å². The molecule has 0 fully saturated rings. The van der Waals surface area contributed by atoms with Gasteiger partial charge in [0.15, 0.2) is 5.69 Å². The molecule has 1 atom stereocenters. The van der Waals surface area contributed by atoms with Gasteiger partial charge in [-0.25, -0.2) is 4.98 Å². The number of carbonyl (C=O) groups is 1. The molecule has 12 heteroatoms. The summed E-state index contributed by atoms with van der Waals surface area (Å²) in [5, 5.41) is 2.26. The molecule has 1 aromatic carbocycles. The minimum Gasteiger partial charge on any atom is -0.351 e. The third kappa shape index (κ3) is 6.30. The van der Waals surface area contributed by atoms with E-state index < -0.39 is 39.9 Å². The van der Waals surface area contributed by atoms with Crippen LogP contribution in [0.15, 0.2) is 42.6 Å². The van der Waals surface area contributed by atoms with E-state index in [9.17, 15) is 31.1 Å². The molecule has 0 saturated carbocycles. The summed E-state index contributed by atoms with van der Waals surface area (Å²) >= 11 is 0.542. The number of nitrogens with zero attached hydrogens (tertiary/aromatic N) is 2. The number of pyridine rings is 1. The van der Waals surface area contributed by atoms with Crippen LogP contribution in [-0.2, 0) is 24.3 Å². The van der Waals surface area contributed by atoms with E-state index in [4.69, 9.17) is 5.73 Å². The Morgan fingerprint density at radius 2 is 1.78 bits per heavy atom. The van der Waals surface area contributed by atoms with E-state index in [2.05, 4.69) is 15.3 Å². The molecule has 1 amide bonds. The Hall–Kier alpha value is -2.99. The van der Waals surface area contributed by atoms with E-state index in [-0.39, 0.29) is 35.1 Å². The summed E-state index contributed by atoms with van der Waals surface area (Å²) in [5.41, 5.74) is 4.48. The number of carbonyl (C=O) groups excluding carboxylic acids is 1. The molecule has 0 saturated heterocycles. The van der Waals surface area contributed by atoms with Crippen LogP contribution in [0.4, 0.5) is 26.3 Å². The minimum atomic E-state index is -4.92. The predicted molar refractivity (Wildman–Crippen MR) is 129 cm³/mol. The standard InChI is InChI=1S/C25H26F6N4OS/c1-4-23(32,14(2)3)17-9-6-11-33-18(17)22-35-20(25(29,30)31)19(37-22)21(36)34-12-10-15-7-5-8-16(13-15)24(26,27)28/h5-9,11,13-14H,4,10,12,32H2,1-3H3,(H,34,36). The maximum Gasteiger partial charge on any atom is 0.435 e. The van der Waals surface area contributed by atoms with Gasteiger partial charge in [0.1, 0.15) is 15.6 Å². The summed E-state index contributed by atoms with van der Waals surface area (Å²) in [5.74, 6) is -1.10. The summed E-state index contributed by atoms with van der Waals surface area (Å²) < 4.78 is 80.2. The van der Waals surface area contributed by atoms with Crippen LogP contribution in [0.25, 0.3) is 10.7 Å². The minimum absolute atomic E-state index is 0.00631. The monoisotopic (exact) mass is 544 g/mol. The average molecular weight is 545 g/mol. The third-order valence-electron chi connectivity index (χ3n) is 6.18. The van der Waals surface area contributed by atoms with Gasteiger partial charge in [-0.2, -0.15) is 26.3 Å². The van der Waals surface area contributed by atoms with Crippen molar-refractivity contribution in [3.63, 3.8) is 0 Å². The first kappa shape index (κ1) is 28.6. The maximum absolute atomic E-state index is 13.8. The predicted octanol–water partition coefficient (Wildman–Crippen LogP) is 6.44. The number of hydrogen-bond acceptors (Lipinski definition) is 5. The van der Waals surface area contributed by atoms with Gasteiger partial charge >= 0.3 is 12.4 Å². The first-order valence-corrected chi connectivity index (χ1v) is 12.3. The Kier molecular flexibility index (Phi) is 8.33. The zero-order valence-electron chi connectivity index (χ0n) is 20.3. The second-order valence-corrected chi connectivity index (χ2v) is 9.85. The molecule has 37 heavy (non-hydrogen) atoms. The summed E-state index contributed by atoms with van der Waals surface area (Å²) in [4.78, 5) is 20.1. The van der Waals surface area contributed by atoms with Gasteiger partial charge in [0.05, 0.1) is 5.56 Å². The van der Waals surface area contributed by atoms with Gasteiger partial charge < -0.3 is 11.1 Å². The molecule has 0 aliphatic carbocycles. The van der Waals surface area contributed by atoms with Crippen molar-refractivity contribution in [1.29, 1.82) is 0 Å². The normalized spacial score (nSPS) is 14.0. The van der Waals surface area contributed by atoms with Crippen molar-refractivity contribution in [2.24, 2.45) is 11.7 Å². The molecule has 1 unspecified atom stereocenters. The Balaban J connectivity index is 1.90. The highest BCUT2D eigenvalue weighted by Crippen LogP contribution is 2.41. The van der Waals surface area contributed by atoms with Crippen LogP contribution in [0.2, 0.25) is 0 Å². The number of benzene rings is 1. The molecule has 2 heterocycles. The molecule has 3 rings (SSSR count). The lowest BCUT2D eigenvalue weighted by Crippen LogP contribution is -2.41. The Morgan fingerprint density at radius 3 is 2.38 bits per heavy atom. The van der Waals surface area contributed by atoms with Crippen LogP contribution in [0.5, 0.6) is 0 Å². The highest BCUT2D eigenvalue weighted by atomic mass is 32.1. The summed E-state index contributed by atoms with van der Waals surface area (Å²) in [6.45, 7) is 5.48. The quantitative estimate of drug-likeness (QED) is 0.320. The van der Waals surface area contributed by atoms with Gasteiger partial charge in [-0.15, -0.1) is 11.3 Å². The first-order chi connectivity index (χ1) is 17.2. The molecule has 0 aliphatic heterocycles. The summed E-state index contributed by atoms with van der Waals surface area (Å²) in [6.07, 6.45) is -7.55. The van der Waals surface area contributed by atoms with E-state index >= 15 is 0 Å². The number of rotatable bonds is 8. The number of nitrogens with one attached hydrogen (secondary N) is 1. The van der Waals surface area contributed by atoms with Crippen LogP contribution in [0.3, 0.4) is 0 Å². The fraction of sp³-hybridized carbons (Fsp3) is 0.400. The van der Waals surface area contributed by atoms with Gasteiger partial charge in [-0.1, -0.05) is 45.0 Å². The number of amides is 1. The van der Waals surface area contributed by atoms with Gasteiger partial charge in [0, 0.05) is 23.8 Å². The SMILES string of the molecule is CCC(N)(c1cccnc1-c1nc(C(F)(F)F)c(C(=O)NCCc2cccc(C(F)(F)F)c2)s1)C(C)C. The fourth-order valence-electron chi connectivity index (χ4n) is 3.93. The second kappa shape index (κ2) is 10.8. The largest absolute Gasteiger partial charge is 0.435 e. The van der Waals surface area contributed by atoms with Gasteiger partial charge in [-0.3, -0.25) is 9.78 Å². The third-order valence-corrected chi connectivity index (χ3v) is 7.24. The van der Waals surface area contributed by atoms with E-state index in [0.717, 1.165) is 12.1 Å². The molecular weight excluding hydrogens is 518 g/mol. The van der Waals surface area contributed by atoms with Gasteiger partial charge in [0.25, 0.3) is 5.91 Å². The fourth-order valence-corrected chi connectivity index (χ4v) is 4.94. The van der Waals surface area contributed by atoms with Gasteiger partial charge in [0.2, 0.25) is 0 Å². The molecule has 0 radical (unpaired) electrons. The lowest BCUT2D eigenvalue weighted by Gasteiger charge is -2.34. The number of thiazole rings is 1. The van der Waals surface area contributed by atoms with Crippen molar-refractivity contribution in [2.75, 3.05) is 6.54 Å². The first-order valence-electron chi connectivity index (χ1n) is 11.5. The number of alkyl halides is 6. The highest BCUT2D eigenvalue weighted by Gasteiger charge is 2.41. The van der Waals surface area contributed by atoms with Crippen molar-refractivity contribution in [1.82, 2.24) is 15.3 Å². The highest BCUT2D eigenvalue weighted by molar-refractivity contribution is 7.17. The number of hydrogen-bond donors (Lipinski definition) is 2. The van der Waals surface area contributed by atoms with Crippen molar-refractivity contribution >= 4 is 17.2 Å². The van der Waals surface area contributed by atoms with Crippen LogP contribution in [-0.4, -0.2) is 22.4 Å². The molecule has 2 aromatic heterocycles. The Labute approximate surface area is 214 Å². The molecule has 0 spiro atoms. The number of halogens is 6. The lowest BCUT2D eigenvalue weighted by atomic mass is 9.78. The van der Waals surface area contributed by atoms with E-state index in [1.807, 2.05) is 20.8 Å². The second-order valence-electron chi connectivity index (χ2n) is 8.85. The number of nitrogens with two attached hydrogens (primary N) is 1. The molecule has 3 aromatic rings. The van der Waals surface area contributed by atoms with Crippen molar-refractivity contribution < 1.29 is 31.1 Å². The molecule has 0 aliphatic rings. The molecule has 5 nitrogen and oxygen atoms in total. The van der Waals surface area contributed by atoms with E-state index in [0.29, 0.717) is 23.3 Å². The zero-order valence-corrected chi connectivity index (χ0v) is 21.1. The van der Waals surface area contributed by atoms with Crippen LogP contribution >= 0.6 is 11.3 Å². The van der Waals surface area contributed by atoms with Crippen molar-refractivity contribution in [3.8, 4) is 10.7 Å². The average Bonchev–Trinajstić information content (AvgIpc) is 3.29. The summed E-state index contributed by atoms with van der Waals surface area (Å²) in [6, 6.07) is 7.84. The molecule has 3 N–H and O–H groups in total. The molecule has 0 bridgehead atoms. The Morgan fingerprint density at radius 1 is 1.08 bits per heavy atom. The van der Waals surface area contributed by atoms with Crippen molar-refractivity contribution in [3.05, 3.63) is 69.9 Å². The topological polar surface area (TPSA) is 80.9 Å². The number of aromatic nitrogens is 2. The van der Waals surface area contributed by atoms with E-state index in [1.165, 1.54) is 18.3 Å².